The molecule has 21 heavy (non-hydrogen) atoms. The van der Waals surface area contributed by atoms with Crippen molar-refractivity contribution in [2.24, 2.45) is 23.7 Å². The van der Waals surface area contributed by atoms with Gasteiger partial charge in [0.05, 0.1) is 5.92 Å². The third-order valence-electron chi connectivity index (χ3n) is 4.60. The van der Waals surface area contributed by atoms with E-state index in [1.165, 1.54) is 12.8 Å². The first-order valence-corrected chi connectivity index (χ1v) is 7.69. The highest BCUT2D eigenvalue weighted by molar-refractivity contribution is 5.82. The fourth-order valence-corrected chi connectivity index (χ4v) is 3.06. The highest BCUT2D eigenvalue weighted by Gasteiger charge is 2.51. The third kappa shape index (κ3) is 3.63. The van der Waals surface area contributed by atoms with E-state index in [0.29, 0.717) is 12.3 Å². The van der Waals surface area contributed by atoms with Crippen molar-refractivity contribution in [2.45, 2.75) is 25.7 Å². The Balaban J connectivity index is 1.49. The molecule has 0 saturated heterocycles. The lowest BCUT2D eigenvalue weighted by Gasteiger charge is -2.13. The topological polar surface area (TPSA) is 66.4 Å². The van der Waals surface area contributed by atoms with Crippen LogP contribution >= 0.6 is 0 Å². The Kier molecular flexibility index (Phi) is 3.95. The van der Waals surface area contributed by atoms with Crippen LogP contribution in [0, 0.1) is 23.7 Å². The smallest absolute Gasteiger partial charge is 0.308 e. The van der Waals surface area contributed by atoms with E-state index < -0.39 is 11.9 Å². The first-order valence-electron chi connectivity index (χ1n) is 7.69. The van der Waals surface area contributed by atoms with Crippen molar-refractivity contribution in [2.75, 3.05) is 6.54 Å². The summed E-state index contributed by atoms with van der Waals surface area (Å²) in [4.78, 5) is 23.4. The molecule has 0 radical (unpaired) electrons. The Morgan fingerprint density at radius 3 is 2.57 bits per heavy atom. The van der Waals surface area contributed by atoms with E-state index in [1.54, 1.807) is 0 Å². The molecule has 3 atom stereocenters. The van der Waals surface area contributed by atoms with Gasteiger partial charge in [0.2, 0.25) is 5.91 Å². The highest BCUT2D eigenvalue weighted by Crippen LogP contribution is 2.54. The Bertz CT molecular complexity index is 524. The molecule has 2 N–H and O–H groups in total. The number of aliphatic carboxylic acids is 1. The lowest BCUT2D eigenvalue weighted by Crippen LogP contribution is -2.35. The van der Waals surface area contributed by atoms with Crippen LogP contribution in [0.3, 0.4) is 0 Å². The Morgan fingerprint density at radius 1 is 1.24 bits per heavy atom. The second-order valence-electron chi connectivity index (χ2n) is 6.31. The Labute approximate surface area is 124 Å². The van der Waals surface area contributed by atoms with Crippen LogP contribution in [-0.4, -0.2) is 23.5 Å². The molecule has 3 rings (SSSR count). The van der Waals surface area contributed by atoms with Crippen LogP contribution < -0.4 is 5.32 Å². The average Bonchev–Trinajstić information content (AvgIpc) is 3.35. The second kappa shape index (κ2) is 5.88. The number of rotatable bonds is 7. The minimum atomic E-state index is -0.853. The fraction of sp³-hybridized carbons (Fsp3) is 0.529. The van der Waals surface area contributed by atoms with Gasteiger partial charge >= 0.3 is 5.97 Å². The van der Waals surface area contributed by atoms with Crippen LogP contribution in [0.25, 0.3) is 0 Å². The van der Waals surface area contributed by atoms with Gasteiger partial charge in [0.25, 0.3) is 0 Å². The molecule has 112 valence electrons. The zero-order valence-corrected chi connectivity index (χ0v) is 12.0. The normalized spacial score (nSPS) is 25.1. The van der Waals surface area contributed by atoms with E-state index in [0.717, 1.165) is 17.9 Å². The second-order valence-corrected chi connectivity index (χ2v) is 6.31. The van der Waals surface area contributed by atoms with E-state index in [9.17, 15) is 14.7 Å². The van der Waals surface area contributed by atoms with E-state index in [4.69, 9.17) is 0 Å². The number of hydrogen-bond acceptors (Lipinski definition) is 2. The van der Waals surface area contributed by atoms with Crippen LogP contribution in [0.2, 0.25) is 0 Å². The quantitative estimate of drug-likeness (QED) is 0.807. The summed E-state index contributed by atoms with van der Waals surface area (Å²) < 4.78 is 0. The summed E-state index contributed by atoms with van der Waals surface area (Å²) in [5.74, 6) is 0.112. The van der Waals surface area contributed by atoms with Gasteiger partial charge in [-0.15, -0.1) is 0 Å². The van der Waals surface area contributed by atoms with Crippen molar-refractivity contribution in [3.63, 3.8) is 0 Å². The van der Waals surface area contributed by atoms with E-state index in [-0.39, 0.29) is 18.4 Å². The summed E-state index contributed by atoms with van der Waals surface area (Å²) in [5, 5.41) is 12.1. The summed E-state index contributed by atoms with van der Waals surface area (Å²) in [7, 11) is 0. The maximum Gasteiger partial charge on any atom is 0.308 e. The molecule has 1 amide bonds. The molecule has 2 saturated carbocycles. The minimum Gasteiger partial charge on any atom is -0.481 e. The zero-order valence-electron chi connectivity index (χ0n) is 12.0. The van der Waals surface area contributed by atoms with Crippen molar-refractivity contribution >= 4 is 11.9 Å². The van der Waals surface area contributed by atoms with E-state index in [2.05, 4.69) is 5.32 Å². The van der Waals surface area contributed by atoms with Crippen molar-refractivity contribution in [1.29, 1.82) is 0 Å². The van der Waals surface area contributed by atoms with Gasteiger partial charge in [-0.1, -0.05) is 30.3 Å². The summed E-state index contributed by atoms with van der Waals surface area (Å²) in [6, 6.07) is 9.55. The molecule has 1 aromatic carbocycles. The molecule has 0 bridgehead atoms. The van der Waals surface area contributed by atoms with E-state index >= 15 is 0 Å². The molecule has 2 aliphatic rings. The minimum absolute atomic E-state index is 0.0474. The van der Waals surface area contributed by atoms with Crippen LogP contribution in [0.1, 0.15) is 24.8 Å². The maximum absolute atomic E-state index is 12.0. The van der Waals surface area contributed by atoms with Crippen molar-refractivity contribution < 1.29 is 14.7 Å². The summed E-state index contributed by atoms with van der Waals surface area (Å²) >= 11 is 0. The van der Waals surface area contributed by atoms with Crippen LogP contribution in [0.4, 0.5) is 0 Å². The largest absolute Gasteiger partial charge is 0.481 e. The lowest BCUT2D eigenvalue weighted by atomic mass is 9.99. The number of carboxylic acid groups (broad SMARTS) is 1. The van der Waals surface area contributed by atoms with Gasteiger partial charge in [0, 0.05) is 12.5 Å². The molecule has 2 fully saturated rings. The Hall–Kier alpha value is -1.84. The monoisotopic (exact) mass is 287 g/mol. The molecule has 0 aromatic heterocycles. The highest BCUT2D eigenvalue weighted by atomic mass is 16.4. The number of amides is 1. The molecule has 0 spiro atoms. The van der Waals surface area contributed by atoms with Crippen molar-refractivity contribution in [3.05, 3.63) is 35.9 Å². The SMILES string of the molecule is O=C(O)[C@H](CNC(=O)[C@H]1C[C@H]1C1CC1)Cc1ccccc1. The molecule has 0 unspecified atom stereocenters. The summed E-state index contributed by atoms with van der Waals surface area (Å²) in [5.41, 5.74) is 0.987. The van der Waals surface area contributed by atoms with Crippen LogP contribution in [0.15, 0.2) is 30.3 Å². The van der Waals surface area contributed by atoms with Gasteiger partial charge < -0.3 is 10.4 Å². The molecule has 4 nitrogen and oxygen atoms in total. The lowest BCUT2D eigenvalue weighted by molar-refractivity contribution is -0.141. The third-order valence-corrected chi connectivity index (χ3v) is 4.60. The number of hydrogen-bond donors (Lipinski definition) is 2. The maximum atomic E-state index is 12.0. The molecule has 2 aliphatic carbocycles. The average molecular weight is 287 g/mol. The standard InChI is InChI=1S/C17H21NO3/c19-16(15-9-14(15)12-6-7-12)18-10-13(17(20)21)8-11-4-2-1-3-5-11/h1-5,12-15H,6-10H2,(H,18,19)(H,20,21)/t13-,14-,15-/m0/s1. The summed E-state index contributed by atoms with van der Waals surface area (Å²) in [6.45, 7) is 0.219. The Morgan fingerprint density at radius 2 is 1.95 bits per heavy atom. The zero-order chi connectivity index (χ0) is 14.8. The van der Waals surface area contributed by atoms with Crippen LogP contribution in [-0.2, 0) is 16.0 Å². The van der Waals surface area contributed by atoms with E-state index in [1.807, 2.05) is 30.3 Å². The van der Waals surface area contributed by atoms with Gasteiger partial charge in [-0.25, -0.2) is 0 Å². The van der Waals surface area contributed by atoms with Crippen molar-refractivity contribution in [3.8, 4) is 0 Å². The van der Waals surface area contributed by atoms with Gasteiger partial charge in [-0.05, 0) is 43.1 Å². The predicted octanol–water partition coefficient (Wildman–Crippen LogP) is 2.09. The molecule has 4 heteroatoms. The summed E-state index contributed by atoms with van der Waals surface area (Å²) in [6.07, 6.45) is 3.97. The van der Waals surface area contributed by atoms with Gasteiger partial charge in [-0.3, -0.25) is 9.59 Å². The van der Waals surface area contributed by atoms with Gasteiger partial charge in [0.15, 0.2) is 0 Å². The molecular formula is C17H21NO3. The number of carboxylic acids is 1. The van der Waals surface area contributed by atoms with Gasteiger partial charge in [-0.2, -0.15) is 0 Å². The molecule has 0 heterocycles. The molecule has 0 aliphatic heterocycles. The number of carbonyl (C=O) groups is 2. The molecule has 1 aromatic rings. The van der Waals surface area contributed by atoms with Crippen LogP contribution in [0.5, 0.6) is 0 Å². The fourth-order valence-electron chi connectivity index (χ4n) is 3.06. The number of carbonyl (C=O) groups excluding carboxylic acids is 1. The van der Waals surface area contributed by atoms with Gasteiger partial charge in [0.1, 0.15) is 0 Å². The first-order chi connectivity index (χ1) is 10.1. The molecular weight excluding hydrogens is 266 g/mol. The first kappa shape index (κ1) is 14.1. The van der Waals surface area contributed by atoms with Crippen molar-refractivity contribution in [1.82, 2.24) is 5.32 Å². The number of nitrogens with one attached hydrogen (secondary N) is 1. The predicted molar refractivity (Wildman–Crippen MR) is 78.6 cm³/mol. The number of benzene rings is 1.